The normalized spacial score (nSPS) is 16.6. The number of carbonyl (C=O) groups excluding carboxylic acids is 2. The van der Waals surface area contributed by atoms with Crippen molar-refractivity contribution in [3.8, 4) is 5.75 Å². The molecule has 0 saturated heterocycles. The number of rotatable bonds is 5. The molecule has 0 bridgehead atoms. The van der Waals surface area contributed by atoms with Crippen LogP contribution in [0.4, 0.5) is 4.39 Å². The summed E-state index contributed by atoms with van der Waals surface area (Å²) in [6.45, 7) is 1.92. The van der Waals surface area contributed by atoms with Crippen LogP contribution < -0.4 is 10.1 Å². The van der Waals surface area contributed by atoms with Gasteiger partial charge < -0.3 is 14.8 Å². The number of nitrogens with one attached hydrogen (secondary N) is 1. The number of ether oxygens (including phenoxy) is 2. The van der Waals surface area contributed by atoms with Crippen LogP contribution in [0, 0.1) is 11.7 Å². The summed E-state index contributed by atoms with van der Waals surface area (Å²) in [5.74, 6) is -1.06. The van der Waals surface area contributed by atoms with Crippen LogP contribution in [0.25, 0.3) is 0 Å². The Balaban J connectivity index is 1.51. The van der Waals surface area contributed by atoms with Crippen LogP contribution >= 0.6 is 11.6 Å². The molecule has 2 aromatic carbocycles. The highest BCUT2D eigenvalue weighted by Crippen LogP contribution is 2.30. The minimum Gasteiger partial charge on any atom is -0.492 e. The zero-order chi connectivity index (χ0) is 19.4. The van der Waals surface area contributed by atoms with E-state index < -0.39 is 23.9 Å². The fraction of sp³-hybridized carbons (Fsp3) is 0.300. The van der Waals surface area contributed by atoms with Crippen LogP contribution in [0.1, 0.15) is 18.1 Å². The molecular weight excluding hydrogens is 373 g/mol. The van der Waals surface area contributed by atoms with Crippen LogP contribution in [0.5, 0.6) is 5.75 Å². The van der Waals surface area contributed by atoms with Gasteiger partial charge in [-0.2, -0.15) is 0 Å². The first kappa shape index (κ1) is 19.2. The molecule has 2 atom stereocenters. The zero-order valence-corrected chi connectivity index (χ0v) is 15.5. The van der Waals surface area contributed by atoms with Crippen molar-refractivity contribution in [1.29, 1.82) is 0 Å². The Bertz CT molecular complexity index is 840. The van der Waals surface area contributed by atoms with E-state index in [1.807, 2.05) is 0 Å². The van der Waals surface area contributed by atoms with Gasteiger partial charge in [-0.25, -0.2) is 4.39 Å². The molecule has 5 nitrogen and oxygen atoms in total. The van der Waals surface area contributed by atoms with Crippen LogP contribution in [0.2, 0.25) is 5.02 Å². The van der Waals surface area contributed by atoms with Crippen molar-refractivity contribution in [2.24, 2.45) is 5.92 Å². The second-order valence-corrected chi connectivity index (χ2v) is 6.82. The first-order valence-corrected chi connectivity index (χ1v) is 8.94. The molecule has 1 N–H and O–H groups in total. The molecule has 2 unspecified atom stereocenters. The van der Waals surface area contributed by atoms with Crippen molar-refractivity contribution >= 4 is 23.5 Å². The zero-order valence-electron chi connectivity index (χ0n) is 14.7. The maximum Gasteiger partial charge on any atom is 0.313 e. The molecule has 1 aliphatic heterocycles. The Hall–Kier alpha value is -2.60. The Morgan fingerprint density at radius 1 is 1.30 bits per heavy atom. The molecule has 1 heterocycles. The summed E-state index contributed by atoms with van der Waals surface area (Å²) in [4.78, 5) is 24.5. The van der Waals surface area contributed by atoms with Crippen molar-refractivity contribution in [2.45, 2.75) is 26.0 Å². The third kappa shape index (κ3) is 4.98. The van der Waals surface area contributed by atoms with E-state index in [0.717, 1.165) is 11.1 Å². The molecule has 0 aromatic heterocycles. The molecule has 1 aliphatic rings. The van der Waals surface area contributed by atoms with E-state index in [1.165, 1.54) is 19.1 Å². The quantitative estimate of drug-likeness (QED) is 0.794. The largest absolute Gasteiger partial charge is 0.492 e. The number of carbonyl (C=O) groups is 2. The highest BCUT2D eigenvalue weighted by molar-refractivity contribution is 6.30. The van der Waals surface area contributed by atoms with Gasteiger partial charge in [0.15, 0.2) is 6.10 Å². The Morgan fingerprint density at radius 2 is 2.04 bits per heavy atom. The Labute approximate surface area is 161 Å². The van der Waals surface area contributed by atoms with E-state index in [9.17, 15) is 14.0 Å². The van der Waals surface area contributed by atoms with E-state index in [2.05, 4.69) is 5.32 Å². The van der Waals surface area contributed by atoms with Crippen molar-refractivity contribution in [3.05, 3.63) is 64.4 Å². The Morgan fingerprint density at radius 3 is 2.78 bits per heavy atom. The Kier molecular flexibility index (Phi) is 5.96. The lowest BCUT2D eigenvalue weighted by Gasteiger charge is -2.25. The van der Waals surface area contributed by atoms with Crippen molar-refractivity contribution in [3.63, 3.8) is 0 Å². The molecule has 142 valence electrons. The summed E-state index contributed by atoms with van der Waals surface area (Å²) >= 11 is 5.98. The number of fused-ring (bicyclic) bond motifs is 1. The monoisotopic (exact) mass is 391 g/mol. The standard InChI is InChI=1S/C20H19ClFNO4/c1-12(19(24)23-10-13-2-5-17(22)6-3-13)27-20(25)15-8-14-9-16(21)4-7-18(14)26-11-15/h2-7,9,12,15H,8,10-11H2,1H3,(H,23,24). The predicted molar refractivity (Wildman–Crippen MR) is 97.9 cm³/mol. The molecule has 3 rings (SSSR count). The maximum atomic E-state index is 12.9. The summed E-state index contributed by atoms with van der Waals surface area (Å²) in [6, 6.07) is 11.0. The molecule has 1 amide bonds. The van der Waals surface area contributed by atoms with Gasteiger partial charge in [0.2, 0.25) is 0 Å². The lowest BCUT2D eigenvalue weighted by molar-refractivity contribution is -0.160. The van der Waals surface area contributed by atoms with Gasteiger partial charge in [-0.05, 0) is 54.8 Å². The predicted octanol–water partition coefficient (Wildman–Crippen LogP) is 3.28. The highest BCUT2D eigenvalue weighted by Gasteiger charge is 2.30. The minimum atomic E-state index is -0.946. The molecule has 0 spiro atoms. The summed E-state index contributed by atoms with van der Waals surface area (Å²) in [6.07, 6.45) is -0.503. The van der Waals surface area contributed by atoms with Crippen molar-refractivity contribution in [1.82, 2.24) is 5.32 Å². The van der Waals surface area contributed by atoms with E-state index in [4.69, 9.17) is 21.1 Å². The summed E-state index contributed by atoms with van der Waals surface area (Å²) in [5.41, 5.74) is 1.58. The van der Waals surface area contributed by atoms with Gasteiger partial charge in [0.1, 0.15) is 18.2 Å². The van der Waals surface area contributed by atoms with Crippen LogP contribution in [0.15, 0.2) is 42.5 Å². The third-order valence-electron chi connectivity index (χ3n) is 4.30. The SMILES string of the molecule is CC(OC(=O)C1COc2ccc(Cl)cc2C1)C(=O)NCc1ccc(F)cc1. The number of benzene rings is 2. The molecule has 0 fully saturated rings. The summed E-state index contributed by atoms with van der Waals surface area (Å²) in [7, 11) is 0. The van der Waals surface area contributed by atoms with Crippen molar-refractivity contribution < 1.29 is 23.5 Å². The second-order valence-electron chi connectivity index (χ2n) is 6.39. The van der Waals surface area contributed by atoms with Gasteiger partial charge in [-0.1, -0.05) is 23.7 Å². The van der Waals surface area contributed by atoms with E-state index >= 15 is 0 Å². The average molecular weight is 392 g/mol. The first-order chi connectivity index (χ1) is 12.9. The van der Waals surface area contributed by atoms with Crippen molar-refractivity contribution in [2.75, 3.05) is 6.61 Å². The molecule has 2 aromatic rings. The highest BCUT2D eigenvalue weighted by atomic mass is 35.5. The second kappa shape index (κ2) is 8.39. The number of halogens is 2. The lowest BCUT2D eigenvalue weighted by Crippen LogP contribution is -2.38. The molecular formula is C20H19ClFNO4. The van der Waals surface area contributed by atoms with Crippen LogP contribution in [-0.2, 0) is 27.3 Å². The van der Waals surface area contributed by atoms with Gasteiger partial charge in [-0.15, -0.1) is 0 Å². The maximum absolute atomic E-state index is 12.9. The van der Waals surface area contributed by atoms with Gasteiger partial charge in [0.25, 0.3) is 5.91 Å². The van der Waals surface area contributed by atoms with E-state index in [1.54, 1.807) is 30.3 Å². The van der Waals surface area contributed by atoms with Gasteiger partial charge in [0, 0.05) is 11.6 Å². The fourth-order valence-electron chi connectivity index (χ4n) is 2.77. The van der Waals surface area contributed by atoms with E-state index in [-0.39, 0.29) is 19.0 Å². The first-order valence-electron chi connectivity index (χ1n) is 8.56. The topological polar surface area (TPSA) is 64.6 Å². The average Bonchev–Trinajstić information content (AvgIpc) is 2.66. The van der Waals surface area contributed by atoms with Gasteiger partial charge in [0.05, 0.1) is 5.92 Å². The number of amides is 1. The fourth-order valence-corrected chi connectivity index (χ4v) is 2.97. The number of hydrogen-bond acceptors (Lipinski definition) is 4. The summed E-state index contributed by atoms with van der Waals surface area (Å²) in [5, 5.41) is 3.23. The lowest BCUT2D eigenvalue weighted by atomic mass is 9.97. The molecule has 27 heavy (non-hydrogen) atoms. The van der Waals surface area contributed by atoms with Gasteiger partial charge >= 0.3 is 5.97 Å². The smallest absolute Gasteiger partial charge is 0.313 e. The minimum absolute atomic E-state index is 0.192. The van der Waals surface area contributed by atoms with Crippen LogP contribution in [-0.4, -0.2) is 24.6 Å². The molecule has 0 saturated carbocycles. The molecule has 0 aliphatic carbocycles. The number of hydrogen-bond donors (Lipinski definition) is 1. The van der Waals surface area contributed by atoms with Gasteiger partial charge in [-0.3, -0.25) is 9.59 Å². The van der Waals surface area contributed by atoms with Crippen LogP contribution in [0.3, 0.4) is 0 Å². The molecule has 0 radical (unpaired) electrons. The molecule has 7 heteroatoms. The summed E-state index contributed by atoms with van der Waals surface area (Å²) < 4.78 is 23.7. The van der Waals surface area contributed by atoms with E-state index in [0.29, 0.717) is 17.2 Å². The third-order valence-corrected chi connectivity index (χ3v) is 4.54. The number of esters is 1.